The highest BCUT2D eigenvalue weighted by Gasteiger charge is 2.16. The third-order valence-corrected chi connectivity index (χ3v) is 2.22. The zero-order valence-electron chi connectivity index (χ0n) is 7.65. The minimum atomic E-state index is 0.198. The largest absolute Gasteiger partial charge is 0.475 e. The molecule has 1 saturated heterocycles. The SMILES string of the molecule is Clc1nccc(OCC2CCCO2)n1. The van der Waals surface area contributed by atoms with Crippen LogP contribution in [0, 0.1) is 0 Å². The molecule has 2 rings (SSSR count). The van der Waals surface area contributed by atoms with E-state index in [0.717, 1.165) is 19.4 Å². The molecule has 0 radical (unpaired) electrons. The van der Waals surface area contributed by atoms with Gasteiger partial charge in [0.25, 0.3) is 0 Å². The number of rotatable bonds is 3. The molecule has 76 valence electrons. The van der Waals surface area contributed by atoms with E-state index in [1.165, 1.54) is 0 Å². The first-order chi connectivity index (χ1) is 6.84. The van der Waals surface area contributed by atoms with Gasteiger partial charge < -0.3 is 9.47 Å². The van der Waals surface area contributed by atoms with Gasteiger partial charge in [0, 0.05) is 18.9 Å². The first-order valence-electron chi connectivity index (χ1n) is 4.57. The predicted octanol–water partition coefficient (Wildman–Crippen LogP) is 1.69. The first kappa shape index (κ1) is 9.68. The van der Waals surface area contributed by atoms with Crippen molar-refractivity contribution in [2.45, 2.75) is 18.9 Å². The van der Waals surface area contributed by atoms with Gasteiger partial charge in [-0.05, 0) is 24.4 Å². The molecule has 4 nitrogen and oxygen atoms in total. The highest BCUT2D eigenvalue weighted by molar-refractivity contribution is 6.28. The molecule has 1 aliphatic rings. The van der Waals surface area contributed by atoms with Crippen molar-refractivity contribution in [1.82, 2.24) is 9.97 Å². The standard InChI is InChI=1S/C9H11ClN2O2/c10-9-11-4-3-8(12-9)14-6-7-2-1-5-13-7/h3-4,7H,1-2,5-6H2. The molecule has 0 aromatic carbocycles. The second-order valence-corrected chi connectivity index (χ2v) is 3.45. The van der Waals surface area contributed by atoms with E-state index in [2.05, 4.69) is 9.97 Å². The van der Waals surface area contributed by atoms with Crippen LogP contribution in [-0.2, 0) is 4.74 Å². The highest BCUT2D eigenvalue weighted by Crippen LogP contribution is 2.14. The average Bonchev–Trinajstić information content (AvgIpc) is 2.67. The van der Waals surface area contributed by atoms with Crippen LogP contribution in [0.5, 0.6) is 5.88 Å². The molecule has 0 amide bonds. The lowest BCUT2D eigenvalue weighted by molar-refractivity contribution is 0.0663. The number of nitrogens with zero attached hydrogens (tertiary/aromatic N) is 2. The quantitative estimate of drug-likeness (QED) is 0.719. The third kappa shape index (κ3) is 2.56. The zero-order chi connectivity index (χ0) is 9.80. The number of halogens is 1. The van der Waals surface area contributed by atoms with Gasteiger partial charge in [0.05, 0.1) is 6.10 Å². The van der Waals surface area contributed by atoms with E-state index in [9.17, 15) is 0 Å². The Balaban J connectivity index is 1.85. The molecular formula is C9H11ClN2O2. The Morgan fingerprint density at radius 3 is 3.29 bits per heavy atom. The second-order valence-electron chi connectivity index (χ2n) is 3.11. The number of ether oxygens (including phenoxy) is 2. The molecule has 1 fully saturated rings. The van der Waals surface area contributed by atoms with Crippen molar-refractivity contribution in [3.8, 4) is 5.88 Å². The molecule has 1 aromatic rings. The van der Waals surface area contributed by atoms with Crippen LogP contribution >= 0.6 is 11.6 Å². The van der Waals surface area contributed by atoms with Crippen LogP contribution in [0.3, 0.4) is 0 Å². The van der Waals surface area contributed by atoms with Crippen LogP contribution in [0.4, 0.5) is 0 Å². The van der Waals surface area contributed by atoms with Gasteiger partial charge in [0.1, 0.15) is 6.61 Å². The molecule has 14 heavy (non-hydrogen) atoms. The van der Waals surface area contributed by atoms with Gasteiger partial charge >= 0.3 is 0 Å². The normalized spacial score (nSPS) is 21.1. The van der Waals surface area contributed by atoms with Crippen molar-refractivity contribution in [1.29, 1.82) is 0 Å². The molecule has 0 N–H and O–H groups in total. The molecule has 0 aliphatic carbocycles. The van der Waals surface area contributed by atoms with Crippen LogP contribution in [0.1, 0.15) is 12.8 Å². The summed E-state index contributed by atoms with van der Waals surface area (Å²) in [7, 11) is 0. The summed E-state index contributed by atoms with van der Waals surface area (Å²) < 4.78 is 10.8. The molecule has 1 aromatic heterocycles. The lowest BCUT2D eigenvalue weighted by atomic mass is 10.2. The fourth-order valence-corrected chi connectivity index (χ4v) is 1.49. The van der Waals surface area contributed by atoms with E-state index >= 15 is 0 Å². The van der Waals surface area contributed by atoms with Gasteiger partial charge in [0.2, 0.25) is 11.2 Å². The van der Waals surface area contributed by atoms with E-state index in [4.69, 9.17) is 21.1 Å². The van der Waals surface area contributed by atoms with Crippen LogP contribution < -0.4 is 4.74 Å². The van der Waals surface area contributed by atoms with Crippen molar-refractivity contribution in [3.05, 3.63) is 17.5 Å². The fourth-order valence-electron chi connectivity index (χ4n) is 1.35. The summed E-state index contributed by atoms with van der Waals surface area (Å²) in [6, 6.07) is 1.68. The minimum Gasteiger partial charge on any atom is -0.475 e. The van der Waals surface area contributed by atoms with Crippen LogP contribution in [-0.4, -0.2) is 29.3 Å². The summed E-state index contributed by atoms with van der Waals surface area (Å²) in [6.45, 7) is 1.37. The molecular weight excluding hydrogens is 204 g/mol. The van der Waals surface area contributed by atoms with Crippen LogP contribution in [0.15, 0.2) is 12.3 Å². The summed E-state index contributed by atoms with van der Waals surface area (Å²) in [4.78, 5) is 7.67. The number of hydrogen-bond acceptors (Lipinski definition) is 4. The molecule has 1 atom stereocenters. The maximum absolute atomic E-state index is 5.61. The molecule has 0 spiro atoms. The molecule has 1 unspecified atom stereocenters. The molecule has 5 heteroatoms. The third-order valence-electron chi connectivity index (χ3n) is 2.04. The van der Waals surface area contributed by atoms with Crippen molar-refractivity contribution in [2.24, 2.45) is 0 Å². The summed E-state index contributed by atoms with van der Waals surface area (Å²) in [5.41, 5.74) is 0. The monoisotopic (exact) mass is 214 g/mol. The van der Waals surface area contributed by atoms with Gasteiger partial charge in [0.15, 0.2) is 0 Å². The molecule has 2 heterocycles. The Morgan fingerprint density at radius 1 is 1.64 bits per heavy atom. The van der Waals surface area contributed by atoms with Crippen LogP contribution in [0.25, 0.3) is 0 Å². The predicted molar refractivity (Wildman–Crippen MR) is 51.5 cm³/mol. The Morgan fingerprint density at radius 2 is 2.57 bits per heavy atom. The Kier molecular flexibility index (Phi) is 3.16. The van der Waals surface area contributed by atoms with Crippen molar-refractivity contribution < 1.29 is 9.47 Å². The summed E-state index contributed by atoms with van der Waals surface area (Å²) in [5, 5.41) is 0.204. The Hall–Kier alpha value is -0.870. The van der Waals surface area contributed by atoms with Gasteiger partial charge in [-0.2, -0.15) is 4.98 Å². The summed E-state index contributed by atoms with van der Waals surface area (Å²) in [5.74, 6) is 0.500. The van der Waals surface area contributed by atoms with Crippen molar-refractivity contribution in [2.75, 3.05) is 13.2 Å². The van der Waals surface area contributed by atoms with Gasteiger partial charge in [-0.15, -0.1) is 0 Å². The highest BCUT2D eigenvalue weighted by atomic mass is 35.5. The van der Waals surface area contributed by atoms with Gasteiger partial charge in [-0.3, -0.25) is 0 Å². The van der Waals surface area contributed by atoms with Crippen molar-refractivity contribution >= 4 is 11.6 Å². The van der Waals surface area contributed by atoms with Crippen LogP contribution in [0.2, 0.25) is 5.28 Å². The Labute approximate surface area is 87.2 Å². The molecule has 1 aliphatic heterocycles. The van der Waals surface area contributed by atoms with E-state index in [0.29, 0.717) is 12.5 Å². The Bertz CT molecular complexity index is 303. The number of hydrogen-bond donors (Lipinski definition) is 0. The van der Waals surface area contributed by atoms with E-state index in [-0.39, 0.29) is 11.4 Å². The molecule has 0 saturated carbocycles. The number of aromatic nitrogens is 2. The first-order valence-corrected chi connectivity index (χ1v) is 4.95. The average molecular weight is 215 g/mol. The van der Waals surface area contributed by atoms with E-state index in [1.807, 2.05) is 0 Å². The summed E-state index contributed by atoms with van der Waals surface area (Å²) in [6.07, 6.45) is 3.93. The lowest BCUT2D eigenvalue weighted by Crippen LogP contribution is -2.16. The smallest absolute Gasteiger partial charge is 0.225 e. The molecule has 0 bridgehead atoms. The van der Waals surface area contributed by atoms with Gasteiger partial charge in [-0.1, -0.05) is 0 Å². The maximum Gasteiger partial charge on any atom is 0.225 e. The lowest BCUT2D eigenvalue weighted by Gasteiger charge is -2.10. The fraction of sp³-hybridized carbons (Fsp3) is 0.556. The topological polar surface area (TPSA) is 44.2 Å². The maximum atomic E-state index is 5.61. The van der Waals surface area contributed by atoms with E-state index in [1.54, 1.807) is 12.3 Å². The second kappa shape index (κ2) is 4.57. The minimum absolute atomic E-state index is 0.198. The van der Waals surface area contributed by atoms with Crippen molar-refractivity contribution in [3.63, 3.8) is 0 Å². The summed E-state index contributed by atoms with van der Waals surface area (Å²) >= 11 is 5.61. The van der Waals surface area contributed by atoms with E-state index < -0.39 is 0 Å². The van der Waals surface area contributed by atoms with Gasteiger partial charge in [-0.25, -0.2) is 4.98 Å². The zero-order valence-corrected chi connectivity index (χ0v) is 8.41.